The van der Waals surface area contributed by atoms with Crippen LogP contribution in [0.5, 0.6) is 0 Å². The smallest absolute Gasteiger partial charge is 0.230 e. The van der Waals surface area contributed by atoms with Crippen LogP contribution in [0, 0.1) is 0 Å². The molecular formula is C10H11N3OS. The molecule has 2 rings (SSSR count). The number of pyridine rings is 1. The number of carbonyl (C=O) groups excluding carboxylic acids is 1. The summed E-state index contributed by atoms with van der Waals surface area (Å²) in [5.41, 5.74) is 1.04. The van der Waals surface area contributed by atoms with Gasteiger partial charge in [-0.05, 0) is 12.1 Å². The highest BCUT2D eigenvalue weighted by Crippen LogP contribution is 2.17. The lowest BCUT2D eigenvalue weighted by atomic mass is 10.4. The highest BCUT2D eigenvalue weighted by atomic mass is 32.2. The van der Waals surface area contributed by atoms with Gasteiger partial charge in [0.1, 0.15) is 0 Å². The number of fused-ring (bicyclic) bond motifs is 1. The molecular weight excluding hydrogens is 210 g/mol. The third-order valence-corrected chi connectivity index (χ3v) is 2.98. The number of hydrogen-bond donors (Lipinski definition) is 1. The molecule has 0 aromatic carbocycles. The van der Waals surface area contributed by atoms with E-state index in [0.29, 0.717) is 5.75 Å². The second kappa shape index (κ2) is 4.35. The van der Waals surface area contributed by atoms with Gasteiger partial charge in [-0.25, -0.2) is 4.98 Å². The maximum absolute atomic E-state index is 11.1. The van der Waals surface area contributed by atoms with E-state index < -0.39 is 0 Å². The fourth-order valence-corrected chi connectivity index (χ4v) is 2.07. The van der Waals surface area contributed by atoms with E-state index in [0.717, 1.165) is 10.7 Å². The van der Waals surface area contributed by atoms with E-state index in [1.54, 1.807) is 13.2 Å². The molecule has 0 bridgehead atoms. The molecule has 2 heterocycles. The molecule has 0 spiro atoms. The summed E-state index contributed by atoms with van der Waals surface area (Å²) >= 11 is 1.43. The molecule has 15 heavy (non-hydrogen) atoms. The third kappa shape index (κ3) is 2.12. The van der Waals surface area contributed by atoms with E-state index in [1.165, 1.54) is 11.8 Å². The van der Waals surface area contributed by atoms with Crippen molar-refractivity contribution in [1.29, 1.82) is 0 Å². The van der Waals surface area contributed by atoms with Crippen molar-refractivity contribution in [1.82, 2.24) is 14.7 Å². The molecule has 0 radical (unpaired) electrons. The zero-order chi connectivity index (χ0) is 10.7. The van der Waals surface area contributed by atoms with E-state index in [4.69, 9.17) is 0 Å². The van der Waals surface area contributed by atoms with Crippen LogP contribution in [-0.4, -0.2) is 28.1 Å². The Morgan fingerprint density at radius 2 is 2.47 bits per heavy atom. The number of rotatable bonds is 3. The Kier molecular flexibility index (Phi) is 2.91. The molecule has 0 saturated carbocycles. The van der Waals surface area contributed by atoms with E-state index in [1.807, 2.05) is 28.8 Å². The summed E-state index contributed by atoms with van der Waals surface area (Å²) in [4.78, 5) is 15.3. The van der Waals surface area contributed by atoms with E-state index in [2.05, 4.69) is 10.3 Å². The highest BCUT2D eigenvalue weighted by Gasteiger charge is 2.05. The highest BCUT2D eigenvalue weighted by molar-refractivity contribution is 7.99. The Morgan fingerprint density at radius 3 is 3.27 bits per heavy atom. The van der Waals surface area contributed by atoms with Gasteiger partial charge in [-0.15, -0.1) is 0 Å². The lowest BCUT2D eigenvalue weighted by Crippen LogP contribution is -2.19. The summed E-state index contributed by atoms with van der Waals surface area (Å²) in [5.74, 6) is 0.400. The Morgan fingerprint density at radius 1 is 1.60 bits per heavy atom. The predicted molar refractivity (Wildman–Crippen MR) is 60.0 cm³/mol. The van der Waals surface area contributed by atoms with Crippen LogP contribution in [0.1, 0.15) is 0 Å². The lowest BCUT2D eigenvalue weighted by Gasteiger charge is -1.99. The van der Waals surface area contributed by atoms with Gasteiger partial charge < -0.3 is 5.32 Å². The van der Waals surface area contributed by atoms with Crippen LogP contribution in [0.25, 0.3) is 5.52 Å². The van der Waals surface area contributed by atoms with Gasteiger partial charge in [-0.2, -0.15) is 0 Å². The first-order valence-electron chi connectivity index (χ1n) is 4.57. The van der Waals surface area contributed by atoms with Crippen molar-refractivity contribution in [2.75, 3.05) is 12.8 Å². The molecule has 0 aliphatic rings. The number of aromatic nitrogens is 2. The van der Waals surface area contributed by atoms with Gasteiger partial charge in [0.15, 0.2) is 5.16 Å². The molecule has 0 atom stereocenters. The molecule has 5 heteroatoms. The minimum absolute atomic E-state index is 0.00711. The van der Waals surface area contributed by atoms with Crippen molar-refractivity contribution >= 4 is 23.2 Å². The average Bonchev–Trinajstić information content (AvgIpc) is 2.69. The van der Waals surface area contributed by atoms with Gasteiger partial charge in [-0.1, -0.05) is 17.8 Å². The van der Waals surface area contributed by atoms with Gasteiger partial charge in [0.2, 0.25) is 5.91 Å². The van der Waals surface area contributed by atoms with Crippen molar-refractivity contribution in [3.8, 4) is 0 Å². The largest absolute Gasteiger partial charge is 0.358 e. The Bertz CT molecular complexity index is 480. The quantitative estimate of drug-likeness (QED) is 0.791. The summed E-state index contributed by atoms with van der Waals surface area (Å²) in [6, 6.07) is 5.89. The average molecular weight is 221 g/mol. The molecule has 4 nitrogen and oxygen atoms in total. The normalized spacial score (nSPS) is 10.5. The summed E-state index contributed by atoms with van der Waals surface area (Å²) in [5, 5.41) is 3.42. The molecule has 0 aliphatic heterocycles. The Hall–Kier alpha value is -1.49. The topological polar surface area (TPSA) is 46.4 Å². The van der Waals surface area contributed by atoms with Crippen LogP contribution in [-0.2, 0) is 4.79 Å². The maximum atomic E-state index is 11.1. The minimum atomic E-state index is 0.00711. The number of hydrogen-bond acceptors (Lipinski definition) is 3. The predicted octanol–water partition coefficient (Wildman–Crippen LogP) is 1.17. The fourth-order valence-electron chi connectivity index (χ4n) is 1.23. The first-order valence-corrected chi connectivity index (χ1v) is 5.55. The lowest BCUT2D eigenvalue weighted by molar-refractivity contribution is -0.118. The Labute approximate surface area is 91.7 Å². The van der Waals surface area contributed by atoms with Crippen LogP contribution in [0.3, 0.4) is 0 Å². The van der Waals surface area contributed by atoms with E-state index in [9.17, 15) is 4.79 Å². The van der Waals surface area contributed by atoms with E-state index in [-0.39, 0.29) is 5.91 Å². The van der Waals surface area contributed by atoms with Gasteiger partial charge in [0.25, 0.3) is 0 Å². The van der Waals surface area contributed by atoms with Crippen LogP contribution in [0.15, 0.2) is 35.7 Å². The summed E-state index contributed by atoms with van der Waals surface area (Å²) in [6.45, 7) is 0. The monoisotopic (exact) mass is 221 g/mol. The second-order valence-electron chi connectivity index (χ2n) is 3.00. The summed E-state index contributed by atoms with van der Waals surface area (Å²) in [6.07, 6.45) is 3.74. The summed E-state index contributed by atoms with van der Waals surface area (Å²) < 4.78 is 1.97. The molecule has 1 N–H and O–H groups in total. The zero-order valence-electron chi connectivity index (χ0n) is 8.30. The van der Waals surface area contributed by atoms with Gasteiger partial charge in [0, 0.05) is 13.2 Å². The molecule has 0 aliphatic carbocycles. The van der Waals surface area contributed by atoms with Crippen molar-refractivity contribution in [3.05, 3.63) is 30.6 Å². The van der Waals surface area contributed by atoms with Crippen molar-refractivity contribution < 1.29 is 4.79 Å². The molecule has 2 aromatic rings. The molecule has 0 saturated heterocycles. The molecule has 2 aromatic heterocycles. The van der Waals surface area contributed by atoms with E-state index >= 15 is 0 Å². The van der Waals surface area contributed by atoms with Crippen LogP contribution >= 0.6 is 11.8 Å². The summed E-state index contributed by atoms with van der Waals surface area (Å²) in [7, 11) is 1.63. The standard InChI is InChI=1S/C10H11N3OS/c1-11-9(14)7-15-10-12-6-8-4-2-3-5-13(8)10/h2-6H,7H2,1H3,(H,11,14). The fraction of sp³-hybridized carbons (Fsp3) is 0.200. The number of amides is 1. The first-order chi connectivity index (χ1) is 7.31. The SMILES string of the molecule is CNC(=O)CSc1ncc2ccccn12. The first kappa shape index (κ1) is 10.0. The van der Waals surface area contributed by atoms with Crippen LogP contribution in [0.2, 0.25) is 0 Å². The molecule has 1 amide bonds. The van der Waals surface area contributed by atoms with Crippen LogP contribution < -0.4 is 5.32 Å². The van der Waals surface area contributed by atoms with Crippen molar-refractivity contribution in [2.24, 2.45) is 0 Å². The second-order valence-corrected chi connectivity index (χ2v) is 3.94. The number of nitrogens with zero attached hydrogens (tertiary/aromatic N) is 2. The zero-order valence-corrected chi connectivity index (χ0v) is 9.12. The number of thioether (sulfide) groups is 1. The minimum Gasteiger partial charge on any atom is -0.358 e. The number of carbonyl (C=O) groups is 1. The van der Waals surface area contributed by atoms with Gasteiger partial charge in [-0.3, -0.25) is 9.20 Å². The number of nitrogens with one attached hydrogen (secondary N) is 1. The molecule has 0 fully saturated rings. The van der Waals surface area contributed by atoms with Gasteiger partial charge in [0.05, 0.1) is 17.5 Å². The van der Waals surface area contributed by atoms with Crippen molar-refractivity contribution in [2.45, 2.75) is 5.16 Å². The van der Waals surface area contributed by atoms with Crippen molar-refractivity contribution in [3.63, 3.8) is 0 Å². The maximum Gasteiger partial charge on any atom is 0.230 e. The third-order valence-electron chi connectivity index (χ3n) is 2.02. The molecule has 78 valence electrons. The molecule has 0 unspecified atom stereocenters. The van der Waals surface area contributed by atoms with Crippen LogP contribution in [0.4, 0.5) is 0 Å². The Balaban J connectivity index is 2.18. The number of imidazole rings is 1. The van der Waals surface area contributed by atoms with Gasteiger partial charge >= 0.3 is 0 Å².